The van der Waals surface area contributed by atoms with Gasteiger partial charge in [0, 0.05) is 6.61 Å². The molecule has 0 aromatic heterocycles. The summed E-state index contributed by atoms with van der Waals surface area (Å²) in [6.07, 6.45) is 20.9. The van der Waals surface area contributed by atoms with Gasteiger partial charge >= 0.3 is 0 Å². The van der Waals surface area contributed by atoms with E-state index in [4.69, 9.17) is 9.47 Å². The summed E-state index contributed by atoms with van der Waals surface area (Å²) in [4.78, 5) is 0. The third-order valence-electron chi connectivity index (χ3n) is 11.7. The van der Waals surface area contributed by atoms with Crippen molar-refractivity contribution in [3.05, 3.63) is 11.1 Å². The molecule has 0 spiro atoms. The first-order chi connectivity index (χ1) is 16.9. The van der Waals surface area contributed by atoms with E-state index in [0.29, 0.717) is 11.5 Å². The molecule has 0 bridgehead atoms. The van der Waals surface area contributed by atoms with Gasteiger partial charge in [-0.3, -0.25) is 0 Å². The Balaban J connectivity index is 1.27. The number of ether oxygens (including phenoxy) is 2. The highest BCUT2D eigenvalue weighted by atomic mass is 16.7. The minimum Gasteiger partial charge on any atom is -0.353 e. The summed E-state index contributed by atoms with van der Waals surface area (Å²) < 4.78 is 12.5. The van der Waals surface area contributed by atoms with Gasteiger partial charge in [-0.2, -0.15) is 0 Å². The van der Waals surface area contributed by atoms with E-state index in [1.807, 2.05) is 11.1 Å². The highest BCUT2D eigenvalue weighted by Crippen LogP contribution is 2.65. The van der Waals surface area contributed by atoms with Gasteiger partial charge in [-0.25, -0.2) is 0 Å². The smallest absolute Gasteiger partial charge is 0.157 e. The van der Waals surface area contributed by atoms with Crippen LogP contribution in [0.1, 0.15) is 131 Å². The zero-order chi connectivity index (χ0) is 24.6. The van der Waals surface area contributed by atoms with Crippen molar-refractivity contribution < 1.29 is 9.47 Å². The number of fused-ring (bicyclic) bond motifs is 4. The fraction of sp³-hybridized carbons (Fsp3) is 0.939. The lowest BCUT2D eigenvalue weighted by molar-refractivity contribution is -0.190. The third kappa shape index (κ3) is 5.32. The second-order valence-electron chi connectivity index (χ2n) is 14.1. The molecule has 1 aliphatic heterocycles. The molecule has 4 aliphatic carbocycles. The Kier molecular flexibility index (Phi) is 8.40. The van der Waals surface area contributed by atoms with Gasteiger partial charge in [0.1, 0.15) is 0 Å². The van der Waals surface area contributed by atoms with Crippen LogP contribution in [-0.4, -0.2) is 19.0 Å². The number of hydrogen-bond donors (Lipinski definition) is 0. The molecule has 9 atom stereocenters. The second-order valence-corrected chi connectivity index (χ2v) is 14.1. The fourth-order valence-electron chi connectivity index (χ4n) is 9.91. The Bertz CT molecular complexity index is 733. The summed E-state index contributed by atoms with van der Waals surface area (Å²) in [7, 11) is 0. The standard InChI is InChI=1S/C33H56O2/c1-6-24-20-29-27(26-14-13-25(21-28(24)26)35-32-12-7-8-19-34-32)17-18-33(5)30(15-16-31(29)33)23(4)11-9-10-22(2)3/h22-25,27,29-32H,6-21H2,1-5H3/t23-,24?,25+,27?,29-,30?,31?,32?,33?/m1/s1. The van der Waals surface area contributed by atoms with E-state index in [2.05, 4.69) is 34.6 Å². The first-order valence-corrected chi connectivity index (χ1v) is 15.9. The Labute approximate surface area is 217 Å². The molecule has 5 rings (SSSR count). The van der Waals surface area contributed by atoms with E-state index in [1.165, 1.54) is 89.9 Å². The van der Waals surface area contributed by atoms with Crippen molar-refractivity contribution in [1.82, 2.24) is 0 Å². The van der Waals surface area contributed by atoms with Crippen molar-refractivity contribution in [3.63, 3.8) is 0 Å². The Morgan fingerprint density at radius 1 is 1.00 bits per heavy atom. The van der Waals surface area contributed by atoms with Crippen LogP contribution in [0.4, 0.5) is 0 Å². The van der Waals surface area contributed by atoms with E-state index >= 15 is 0 Å². The summed E-state index contributed by atoms with van der Waals surface area (Å²) in [5.74, 6) is 6.39. The van der Waals surface area contributed by atoms with Gasteiger partial charge in [0.25, 0.3) is 0 Å². The van der Waals surface area contributed by atoms with Crippen LogP contribution in [-0.2, 0) is 9.47 Å². The van der Waals surface area contributed by atoms with E-state index in [0.717, 1.165) is 54.5 Å². The molecule has 2 heteroatoms. The van der Waals surface area contributed by atoms with Crippen LogP contribution in [0.15, 0.2) is 11.1 Å². The van der Waals surface area contributed by atoms with Crippen molar-refractivity contribution in [2.45, 2.75) is 143 Å². The average Bonchev–Trinajstić information content (AvgIpc) is 3.21. The predicted molar refractivity (Wildman–Crippen MR) is 146 cm³/mol. The Morgan fingerprint density at radius 3 is 2.60 bits per heavy atom. The van der Waals surface area contributed by atoms with Gasteiger partial charge in [0.05, 0.1) is 6.10 Å². The normalized spacial score (nSPS) is 42.5. The average molecular weight is 485 g/mol. The fourth-order valence-corrected chi connectivity index (χ4v) is 9.91. The zero-order valence-corrected chi connectivity index (χ0v) is 23.8. The summed E-state index contributed by atoms with van der Waals surface area (Å²) in [6, 6.07) is 0. The maximum absolute atomic E-state index is 6.53. The van der Waals surface area contributed by atoms with Gasteiger partial charge in [-0.1, -0.05) is 65.0 Å². The molecular formula is C33H56O2. The number of allylic oxidation sites excluding steroid dienone is 1. The largest absolute Gasteiger partial charge is 0.353 e. The SMILES string of the molecule is CCC1C[C@@H]2C(CCC3(C)C2CCC3[C@H](C)CCCC(C)C)C2=C1C[C@@H](OC1CCCCO1)CC2. The molecule has 6 unspecified atom stereocenters. The number of hydrogen-bond acceptors (Lipinski definition) is 2. The first kappa shape index (κ1) is 26.3. The Hall–Kier alpha value is -0.340. The van der Waals surface area contributed by atoms with Crippen LogP contribution < -0.4 is 0 Å². The molecule has 200 valence electrons. The van der Waals surface area contributed by atoms with Crippen LogP contribution in [0.5, 0.6) is 0 Å². The van der Waals surface area contributed by atoms with E-state index in [1.54, 1.807) is 0 Å². The van der Waals surface area contributed by atoms with Crippen LogP contribution >= 0.6 is 0 Å². The van der Waals surface area contributed by atoms with Crippen molar-refractivity contribution in [2.24, 2.45) is 46.8 Å². The minimum atomic E-state index is 0.0700. The lowest BCUT2D eigenvalue weighted by Gasteiger charge is -2.55. The minimum absolute atomic E-state index is 0.0700. The maximum atomic E-state index is 6.53. The van der Waals surface area contributed by atoms with Crippen molar-refractivity contribution in [2.75, 3.05) is 6.61 Å². The molecule has 5 aliphatic rings. The monoisotopic (exact) mass is 484 g/mol. The van der Waals surface area contributed by atoms with E-state index < -0.39 is 0 Å². The van der Waals surface area contributed by atoms with Crippen LogP contribution in [0.3, 0.4) is 0 Å². The number of rotatable bonds is 8. The lowest BCUT2D eigenvalue weighted by Crippen LogP contribution is -2.46. The highest BCUT2D eigenvalue weighted by molar-refractivity contribution is 5.29. The zero-order valence-electron chi connectivity index (χ0n) is 23.8. The Morgan fingerprint density at radius 2 is 1.86 bits per heavy atom. The van der Waals surface area contributed by atoms with Gasteiger partial charge in [0.15, 0.2) is 6.29 Å². The molecule has 0 radical (unpaired) electrons. The van der Waals surface area contributed by atoms with Crippen LogP contribution in [0.25, 0.3) is 0 Å². The van der Waals surface area contributed by atoms with Gasteiger partial charge < -0.3 is 9.47 Å². The molecule has 35 heavy (non-hydrogen) atoms. The summed E-state index contributed by atoms with van der Waals surface area (Å²) in [5.41, 5.74) is 4.38. The molecule has 0 amide bonds. The molecule has 2 saturated carbocycles. The van der Waals surface area contributed by atoms with Crippen molar-refractivity contribution in [1.29, 1.82) is 0 Å². The van der Waals surface area contributed by atoms with Gasteiger partial charge in [0.2, 0.25) is 0 Å². The van der Waals surface area contributed by atoms with Crippen LogP contribution in [0, 0.1) is 46.8 Å². The summed E-state index contributed by atoms with van der Waals surface area (Å²) >= 11 is 0. The molecule has 1 saturated heterocycles. The molecule has 0 N–H and O–H groups in total. The summed E-state index contributed by atoms with van der Waals surface area (Å²) in [5, 5.41) is 0. The lowest BCUT2D eigenvalue weighted by atomic mass is 9.50. The van der Waals surface area contributed by atoms with Gasteiger partial charge in [-0.15, -0.1) is 0 Å². The molecular weight excluding hydrogens is 428 g/mol. The molecule has 0 aromatic carbocycles. The van der Waals surface area contributed by atoms with E-state index in [9.17, 15) is 0 Å². The van der Waals surface area contributed by atoms with Crippen LogP contribution in [0.2, 0.25) is 0 Å². The molecule has 3 fully saturated rings. The summed E-state index contributed by atoms with van der Waals surface area (Å²) in [6.45, 7) is 13.5. The molecule has 1 heterocycles. The van der Waals surface area contributed by atoms with Crippen molar-refractivity contribution >= 4 is 0 Å². The van der Waals surface area contributed by atoms with Gasteiger partial charge in [-0.05, 0) is 124 Å². The highest BCUT2D eigenvalue weighted by Gasteiger charge is 2.56. The topological polar surface area (TPSA) is 18.5 Å². The molecule has 0 aromatic rings. The second kappa shape index (κ2) is 11.2. The van der Waals surface area contributed by atoms with Crippen molar-refractivity contribution in [3.8, 4) is 0 Å². The first-order valence-electron chi connectivity index (χ1n) is 15.9. The third-order valence-corrected chi connectivity index (χ3v) is 11.7. The predicted octanol–water partition coefficient (Wildman–Crippen LogP) is 9.33. The molecule has 2 nitrogen and oxygen atoms in total. The maximum Gasteiger partial charge on any atom is 0.157 e. The quantitative estimate of drug-likeness (QED) is 0.319. The van der Waals surface area contributed by atoms with E-state index in [-0.39, 0.29) is 6.29 Å².